The molecular weight excluding hydrogens is 293 g/mol. The normalized spacial score (nSPS) is 17.0. The highest BCUT2D eigenvalue weighted by Crippen LogP contribution is 2.32. The van der Waals surface area contributed by atoms with Crippen molar-refractivity contribution in [3.63, 3.8) is 0 Å². The van der Waals surface area contributed by atoms with Gasteiger partial charge in [0.15, 0.2) is 5.78 Å². The minimum absolute atomic E-state index is 0.111. The van der Waals surface area contributed by atoms with Crippen molar-refractivity contribution in [2.24, 2.45) is 5.92 Å². The molecule has 2 nitrogen and oxygen atoms in total. The predicted octanol–water partition coefficient (Wildman–Crippen LogP) is 5.00. The van der Waals surface area contributed by atoms with Crippen molar-refractivity contribution < 1.29 is 22.7 Å². The Bertz CT molecular complexity index is 494. The van der Waals surface area contributed by atoms with Crippen LogP contribution >= 0.6 is 11.6 Å². The van der Waals surface area contributed by atoms with E-state index >= 15 is 0 Å². The van der Waals surface area contributed by atoms with Crippen LogP contribution in [-0.4, -0.2) is 12.1 Å². The molecule has 0 bridgehead atoms. The first-order valence-corrected chi connectivity index (χ1v) is 6.84. The number of hydrogen-bond acceptors (Lipinski definition) is 2. The Hall–Kier alpha value is -1.23. The van der Waals surface area contributed by atoms with Gasteiger partial charge >= 0.3 is 6.36 Å². The van der Waals surface area contributed by atoms with Crippen LogP contribution < -0.4 is 4.74 Å². The van der Waals surface area contributed by atoms with Gasteiger partial charge in [-0.1, -0.05) is 30.9 Å². The Balaban J connectivity index is 2.21. The van der Waals surface area contributed by atoms with Gasteiger partial charge in [-0.25, -0.2) is 0 Å². The predicted molar refractivity (Wildman–Crippen MR) is 69.0 cm³/mol. The van der Waals surface area contributed by atoms with E-state index in [0.29, 0.717) is 0 Å². The molecule has 1 aromatic carbocycles. The van der Waals surface area contributed by atoms with Gasteiger partial charge in [-0.3, -0.25) is 4.79 Å². The fourth-order valence-corrected chi connectivity index (χ4v) is 2.69. The highest BCUT2D eigenvalue weighted by Gasteiger charge is 2.32. The Morgan fingerprint density at radius 1 is 1.20 bits per heavy atom. The summed E-state index contributed by atoms with van der Waals surface area (Å²) in [5, 5.41) is 0.162. The van der Waals surface area contributed by atoms with Crippen LogP contribution in [0.3, 0.4) is 0 Å². The van der Waals surface area contributed by atoms with Gasteiger partial charge in [0.25, 0.3) is 0 Å². The second-order valence-corrected chi connectivity index (χ2v) is 5.30. The lowest BCUT2D eigenvalue weighted by Gasteiger charge is -2.21. The monoisotopic (exact) mass is 306 g/mol. The first kappa shape index (κ1) is 15.2. The number of ketones is 1. The molecule has 0 heterocycles. The van der Waals surface area contributed by atoms with Gasteiger partial charge in [-0.2, -0.15) is 0 Å². The molecule has 0 aromatic heterocycles. The Morgan fingerprint density at radius 3 is 2.45 bits per heavy atom. The van der Waals surface area contributed by atoms with Crippen LogP contribution in [0.15, 0.2) is 18.2 Å². The maximum absolute atomic E-state index is 12.3. The number of rotatable bonds is 3. The lowest BCUT2D eigenvalue weighted by molar-refractivity contribution is -0.274. The van der Waals surface area contributed by atoms with Crippen LogP contribution in [0.5, 0.6) is 5.75 Å². The second kappa shape index (κ2) is 6.04. The third kappa shape index (κ3) is 3.88. The maximum atomic E-state index is 12.3. The van der Waals surface area contributed by atoms with Gasteiger partial charge < -0.3 is 4.74 Å². The number of halogens is 4. The lowest BCUT2D eigenvalue weighted by Crippen LogP contribution is -2.20. The first-order valence-electron chi connectivity index (χ1n) is 6.46. The second-order valence-electron chi connectivity index (χ2n) is 4.89. The molecule has 1 aliphatic carbocycles. The molecule has 0 spiro atoms. The summed E-state index contributed by atoms with van der Waals surface area (Å²) in [6, 6.07) is 3.44. The van der Waals surface area contributed by atoms with Crippen molar-refractivity contribution in [3.05, 3.63) is 28.8 Å². The summed E-state index contributed by atoms with van der Waals surface area (Å²) in [6.45, 7) is 0. The van der Waals surface area contributed by atoms with E-state index in [9.17, 15) is 18.0 Å². The van der Waals surface area contributed by atoms with E-state index < -0.39 is 12.1 Å². The zero-order chi connectivity index (χ0) is 14.8. The first-order chi connectivity index (χ1) is 9.37. The maximum Gasteiger partial charge on any atom is 0.573 e. The summed E-state index contributed by atoms with van der Waals surface area (Å²) >= 11 is 5.92. The van der Waals surface area contributed by atoms with Crippen molar-refractivity contribution >= 4 is 17.4 Å². The van der Waals surface area contributed by atoms with Crippen molar-refractivity contribution in [1.82, 2.24) is 0 Å². The van der Waals surface area contributed by atoms with E-state index in [1.807, 2.05) is 0 Å². The number of ether oxygens (including phenoxy) is 1. The van der Waals surface area contributed by atoms with E-state index in [-0.39, 0.29) is 22.3 Å². The third-order valence-corrected chi connectivity index (χ3v) is 3.74. The SMILES string of the molecule is O=C(c1cc(OC(F)(F)F)ccc1Cl)C1CCCCC1. The number of benzene rings is 1. The minimum atomic E-state index is -4.78. The van der Waals surface area contributed by atoms with Crippen LogP contribution in [0.1, 0.15) is 42.5 Å². The minimum Gasteiger partial charge on any atom is -0.406 e. The van der Waals surface area contributed by atoms with Gasteiger partial charge in [0.2, 0.25) is 0 Å². The molecule has 0 saturated heterocycles. The number of alkyl halides is 3. The number of hydrogen-bond donors (Lipinski definition) is 0. The summed E-state index contributed by atoms with van der Waals surface area (Å²) in [7, 11) is 0. The lowest BCUT2D eigenvalue weighted by atomic mass is 9.84. The molecule has 0 N–H and O–H groups in total. The summed E-state index contributed by atoms with van der Waals surface area (Å²) in [5.41, 5.74) is 0.111. The fourth-order valence-electron chi connectivity index (χ4n) is 2.48. The topological polar surface area (TPSA) is 26.3 Å². The van der Waals surface area contributed by atoms with Crippen LogP contribution in [-0.2, 0) is 0 Å². The number of carbonyl (C=O) groups is 1. The zero-order valence-electron chi connectivity index (χ0n) is 10.7. The molecule has 0 amide bonds. The Kier molecular flexibility index (Phi) is 4.58. The third-order valence-electron chi connectivity index (χ3n) is 3.41. The summed E-state index contributed by atoms with van der Waals surface area (Å²) in [5.74, 6) is -0.759. The summed E-state index contributed by atoms with van der Waals surface area (Å²) < 4.78 is 40.4. The molecule has 1 fully saturated rings. The van der Waals surface area contributed by atoms with Crippen molar-refractivity contribution in [3.8, 4) is 5.75 Å². The van der Waals surface area contributed by atoms with E-state index in [4.69, 9.17) is 11.6 Å². The summed E-state index contributed by atoms with van der Waals surface area (Å²) in [4.78, 5) is 12.3. The molecule has 6 heteroatoms. The quantitative estimate of drug-likeness (QED) is 0.734. The zero-order valence-corrected chi connectivity index (χ0v) is 11.4. The molecule has 1 saturated carbocycles. The highest BCUT2D eigenvalue weighted by molar-refractivity contribution is 6.34. The van der Waals surface area contributed by atoms with E-state index in [2.05, 4.69) is 4.74 Å². The molecule has 0 radical (unpaired) electrons. The van der Waals surface area contributed by atoms with Crippen LogP contribution in [0.2, 0.25) is 5.02 Å². The summed E-state index contributed by atoms with van der Waals surface area (Å²) in [6.07, 6.45) is -0.230. The van der Waals surface area contributed by atoms with Gasteiger partial charge in [-0.15, -0.1) is 13.2 Å². The van der Waals surface area contributed by atoms with Crippen molar-refractivity contribution in [1.29, 1.82) is 0 Å². The van der Waals surface area contributed by atoms with Gasteiger partial charge in [0.1, 0.15) is 5.75 Å². The molecule has 110 valence electrons. The smallest absolute Gasteiger partial charge is 0.406 e. The van der Waals surface area contributed by atoms with E-state index in [0.717, 1.165) is 44.2 Å². The molecule has 1 aliphatic rings. The largest absolute Gasteiger partial charge is 0.573 e. The average Bonchev–Trinajstić information content (AvgIpc) is 2.40. The molecule has 1 aromatic rings. The fraction of sp³-hybridized carbons (Fsp3) is 0.500. The van der Waals surface area contributed by atoms with Crippen LogP contribution in [0.4, 0.5) is 13.2 Å². The molecular formula is C14H14ClF3O2. The van der Waals surface area contributed by atoms with E-state index in [1.165, 1.54) is 6.07 Å². The van der Waals surface area contributed by atoms with Crippen LogP contribution in [0, 0.1) is 5.92 Å². The van der Waals surface area contributed by atoms with Crippen molar-refractivity contribution in [2.45, 2.75) is 38.5 Å². The average molecular weight is 307 g/mol. The van der Waals surface area contributed by atoms with Gasteiger partial charge in [-0.05, 0) is 31.0 Å². The number of Topliss-reactive ketones (excluding diaryl/α,β-unsaturated/α-hetero) is 1. The molecule has 2 rings (SSSR count). The van der Waals surface area contributed by atoms with Gasteiger partial charge in [0.05, 0.1) is 5.02 Å². The Morgan fingerprint density at radius 2 is 1.85 bits per heavy atom. The Labute approximate surface area is 119 Å². The molecule has 0 aliphatic heterocycles. The van der Waals surface area contributed by atoms with Crippen LogP contribution in [0.25, 0.3) is 0 Å². The standard InChI is InChI=1S/C14H14ClF3O2/c15-12-7-6-10(20-14(16,17)18)8-11(12)13(19)9-4-2-1-3-5-9/h6-9H,1-5H2. The van der Waals surface area contributed by atoms with Gasteiger partial charge in [0, 0.05) is 11.5 Å². The highest BCUT2D eigenvalue weighted by atomic mass is 35.5. The molecule has 0 unspecified atom stereocenters. The number of carbonyl (C=O) groups excluding carboxylic acids is 1. The van der Waals surface area contributed by atoms with Crippen molar-refractivity contribution in [2.75, 3.05) is 0 Å². The molecule has 20 heavy (non-hydrogen) atoms. The van der Waals surface area contributed by atoms with E-state index in [1.54, 1.807) is 0 Å². The molecule has 0 atom stereocenters.